The van der Waals surface area contributed by atoms with Crippen LogP contribution in [-0.2, 0) is 13.0 Å². The van der Waals surface area contributed by atoms with Crippen LogP contribution in [0.4, 0.5) is 5.69 Å². The van der Waals surface area contributed by atoms with Gasteiger partial charge in [0.05, 0.1) is 13.7 Å². The number of anilines is 1. The van der Waals surface area contributed by atoms with Gasteiger partial charge in [0.25, 0.3) is 5.91 Å². The number of benzene rings is 2. The van der Waals surface area contributed by atoms with E-state index in [9.17, 15) is 4.79 Å². The van der Waals surface area contributed by atoms with Gasteiger partial charge < -0.3 is 10.1 Å². The van der Waals surface area contributed by atoms with Gasteiger partial charge in [-0.3, -0.25) is 9.69 Å². The van der Waals surface area contributed by atoms with Crippen LogP contribution in [0.25, 0.3) is 0 Å². The topological polar surface area (TPSA) is 67.4 Å². The number of methoxy groups -OCH3 is 1. The third-order valence-corrected chi connectivity index (χ3v) is 6.39. The fourth-order valence-corrected chi connectivity index (χ4v) is 4.57. The highest BCUT2D eigenvalue weighted by Gasteiger charge is 2.27. The largest absolute Gasteiger partial charge is 0.497 e. The van der Waals surface area contributed by atoms with Gasteiger partial charge in [-0.2, -0.15) is 0 Å². The Hall–Kier alpha value is -2.77. The lowest BCUT2D eigenvalue weighted by Crippen LogP contribution is -2.22. The van der Waals surface area contributed by atoms with Gasteiger partial charge in [0.15, 0.2) is 0 Å². The zero-order valence-electron chi connectivity index (χ0n) is 17.3. The van der Waals surface area contributed by atoms with Crippen LogP contribution in [0, 0.1) is 0 Å². The Balaban J connectivity index is 1.39. The van der Waals surface area contributed by atoms with Gasteiger partial charge in [-0.25, -0.2) is 0 Å². The number of carbonyl (C=O) groups excluding carboxylic acids is 1. The number of aryl methyl sites for hydroxylation is 1. The fourth-order valence-electron chi connectivity index (χ4n) is 3.81. The lowest BCUT2D eigenvalue weighted by Gasteiger charge is -2.23. The highest BCUT2D eigenvalue weighted by atomic mass is 32.1. The summed E-state index contributed by atoms with van der Waals surface area (Å²) in [6.07, 6.45) is 3.24. The Bertz CT molecular complexity index is 985. The molecule has 0 bridgehead atoms. The molecule has 2 heterocycles. The molecule has 1 saturated heterocycles. The van der Waals surface area contributed by atoms with E-state index in [2.05, 4.69) is 39.5 Å². The molecule has 4 rings (SSSR count). The number of rotatable bonds is 7. The molecule has 0 radical (unpaired) electrons. The van der Waals surface area contributed by atoms with E-state index in [4.69, 9.17) is 4.74 Å². The third-order valence-electron chi connectivity index (χ3n) is 5.48. The molecule has 2 aromatic carbocycles. The first-order valence-corrected chi connectivity index (χ1v) is 11.1. The number of carbonyl (C=O) groups is 1. The second-order valence-electron chi connectivity index (χ2n) is 7.41. The normalized spacial score (nSPS) is 16.5. The lowest BCUT2D eigenvalue weighted by molar-refractivity contribution is 0.102. The quantitative estimate of drug-likeness (QED) is 0.598. The lowest BCUT2D eigenvalue weighted by atomic mass is 10.0. The Morgan fingerprint density at radius 1 is 1.17 bits per heavy atom. The van der Waals surface area contributed by atoms with E-state index < -0.39 is 0 Å². The van der Waals surface area contributed by atoms with E-state index in [1.165, 1.54) is 22.5 Å². The van der Waals surface area contributed by atoms with E-state index in [0.29, 0.717) is 17.6 Å². The molecular formula is C23H26N4O2S. The minimum absolute atomic E-state index is 0.212. The number of hydrogen-bond donors (Lipinski definition) is 1. The number of hydrogen-bond acceptors (Lipinski definition) is 6. The second-order valence-corrected chi connectivity index (χ2v) is 8.47. The average Bonchev–Trinajstić information content (AvgIpc) is 3.44. The molecule has 1 atom stereocenters. The first-order valence-electron chi connectivity index (χ1n) is 10.3. The molecule has 156 valence electrons. The zero-order chi connectivity index (χ0) is 20.9. The highest BCUT2D eigenvalue weighted by molar-refractivity contribution is 7.13. The smallest absolute Gasteiger partial charge is 0.286 e. The predicted octanol–water partition coefficient (Wildman–Crippen LogP) is 4.70. The maximum absolute atomic E-state index is 12.5. The maximum atomic E-state index is 12.5. The van der Waals surface area contributed by atoms with Crippen LogP contribution in [0.1, 0.15) is 51.7 Å². The van der Waals surface area contributed by atoms with Crippen LogP contribution in [0.15, 0.2) is 48.5 Å². The van der Waals surface area contributed by atoms with Crippen molar-refractivity contribution in [1.82, 2.24) is 15.1 Å². The van der Waals surface area contributed by atoms with E-state index in [1.807, 2.05) is 36.4 Å². The van der Waals surface area contributed by atoms with Gasteiger partial charge >= 0.3 is 0 Å². The summed E-state index contributed by atoms with van der Waals surface area (Å²) in [5.74, 6) is 0.656. The maximum Gasteiger partial charge on any atom is 0.286 e. The standard InChI is InChI=1S/C23H26N4O2S/c1-3-16-6-10-18(11-7-16)24-22(28)23-26-25-21(30-23)15-27-14-4-5-20(27)17-8-12-19(29-2)13-9-17/h6-13,20H,3-5,14-15H2,1-2H3,(H,24,28). The summed E-state index contributed by atoms with van der Waals surface area (Å²) < 4.78 is 5.27. The van der Waals surface area contributed by atoms with Gasteiger partial charge in [-0.05, 0) is 61.2 Å². The van der Waals surface area contributed by atoms with E-state index in [0.717, 1.165) is 42.3 Å². The number of nitrogens with zero attached hydrogens (tertiary/aromatic N) is 3. The van der Waals surface area contributed by atoms with Crippen molar-refractivity contribution >= 4 is 22.9 Å². The molecule has 6 nitrogen and oxygen atoms in total. The third kappa shape index (κ3) is 4.68. The van der Waals surface area contributed by atoms with Crippen LogP contribution in [0.5, 0.6) is 5.75 Å². The van der Waals surface area contributed by atoms with E-state index in [1.54, 1.807) is 7.11 Å². The zero-order valence-corrected chi connectivity index (χ0v) is 18.1. The Labute approximate surface area is 180 Å². The molecule has 7 heteroatoms. The van der Waals surface area contributed by atoms with Crippen molar-refractivity contribution in [1.29, 1.82) is 0 Å². The minimum atomic E-state index is -0.212. The van der Waals surface area contributed by atoms with Crippen molar-refractivity contribution in [3.05, 3.63) is 69.7 Å². The molecule has 0 aliphatic carbocycles. The van der Waals surface area contributed by atoms with E-state index >= 15 is 0 Å². The fraction of sp³-hybridized carbons (Fsp3) is 0.348. The Morgan fingerprint density at radius 2 is 1.93 bits per heavy atom. The van der Waals surface area contributed by atoms with Gasteiger partial charge in [0, 0.05) is 11.7 Å². The molecule has 1 fully saturated rings. The summed E-state index contributed by atoms with van der Waals surface area (Å²) in [5, 5.41) is 12.6. The van der Waals surface area contributed by atoms with Gasteiger partial charge in [-0.1, -0.05) is 42.5 Å². The Kier molecular flexibility index (Phi) is 6.40. The highest BCUT2D eigenvalue weighted by Crippen LogP contribution is 2.34. The van der Waals surface area contributed by atoms with Crippen LogP contribution >= 0.6 is 11.3 Å². The summed E-state index contributed by atoms with van der Waals surface area (Å²) in [7, 11) is 1.68. The first-order chi connectivity index (χ1) is 14.7. The first kappa shape index (κ1) is 20.5. The molecule has 0 saturated carbocycles. The van der Waals surface area contributed by atoms with Gasteiger partial charge in [0.1, 0.15) is 10.8 Å². The van der Waals surface area contributed by atoms with Crippen LogP contribution < -0.4 is 10.1 Å². The molecule has 1 N–H and O–H groups in total. The molecule has 3 aromatic rings. The summed E-state index contributed by atoms with van der Waals surface area (Å²) in [6.45, 7) is 3.82. The number of nitrogens with one attached hydrogen (secondary N) is 1. The molecule has 30 heavy (non-hydrogen) atoms. The number of ether oxygens (including phenoxy) is 1. The average molecular weight is 423 g/mol. The molecule has 0 spiro atoms. The monoisotopic (exact) mass is 422 g/mol. The number of amides is 1. The predicted molar refractivity (Wildman–Crippen MR) is 119 cm³/mol. The van der Waals surface area contributed by atoms with Crippen LogP contribution in [0.2, 0.25) is 0 Å². The number of aromatic nitrogens is 2. The summed E-state index contributed by atoms with van der Waals surface area (Å²) >= 11 is 1.36. The van der Waals surface area contributed by atoms with Crippen molar-refractivity contribution in [3.63, 3.8) is 0 Å². The van der Waals surface area contributed by atoms with Crippen LogP contribution in [0.3, 0.4) is 0 Å². The van der Waals surface area contributed by atoms with Crippen molar-refractivity contribution in [2.75, 3.05) is 19.0 Å². The van der Waals surface area contributed by atoms with E-state index in [-0.39, 0.29) is 5.91 Å². The molecule has 1 aliphatic heterocycles. The molecular weight excluding hydrogens is 396 g/mol. The molecule has 1 aromatic heterocycles. The molecule has 1 aliphatic rings. The number of likely N-dealkylation sites (tertiary alicyclic amines) is 1. The minimum Gasteiger partial charge on any atom is -0.497 e. The van der Waals surface area contributed by atoms with Crippen LogP contribution in [-0.4, -0.2) is 34.7 Å². The molecule has 1 unspecified atom stereocenters. The van der Waals surface area contributed by atoms with Gasteiger partial charge in [-0.15, -0.1) is 10.2 Å². The van der Waals surface area contributed by atoms with Crippen molar-refractivity contribution in [2.45, 2.75) is 38.8 Å². The summed E-state index contributed by atoms with van der Waals surface area (Å²) in [4.78, 5) is 14.9. The Morgan fingerprint density at radius 3 is 2.63 bits per heavy atom. The van der Waals surface area contributed by atoms with Crippen molar-refractivity contribution < 1.29 is 9.53 Å². The molecule has 1 amide bonds. The van der Waals surface area contributed by atoms with Gasteiger partial charge in [0.2, 0.25) is 5.01 Å². The summed E-state index contributed by atoms with van der Waals surface area (Å²) in [6, 6.07) is 16.5. The van der Waals surface area contributed by atoms with Crippen molar-refractivity contribution in [2.24, 2.45) is 0 Å². The van der Waals surface area contributed by atoms with Crippen molar-refractivity contribution in [3.8, 4) is 5.75 Å². The SMILES string of the molecule is CCc1ccc(NC(=O)c2nnc(CN3CCCC3c3ccc(OC)cc3)s2)cc1. The second kappa shape index (κ2) is 9.36. The summed E-state index contributed by atoms with van der Waals surface area (Å²) in [5.41, 5.74) is 3.29.